The second-order valence-corrected chi connectivity index (χ2v) is 10.3. The molecule has 3 heterocycles. The molecule has 0 aromatic heterocycles. The summed E-state index contributed by atoms with van der Waals surface area (Å²) in [5.41, 5.74) is 1.81. The molecule has 3 aliphatic heterocycles. The first-order chi connectivity index (χ1) is 18.9. The first-order valence-electron chi connectivity index (χ1n) is 13.1. The standard InChI is InChI=1S/C29H33N5O5/c1-4-12-32-18-27(35)33-23(13-20(2)3)28(36)31(16-22-10-11-24-25(14-22)39-19-38-24)17-26(33)34(32)29(37)30-15-21-8-6-5-7-9-21/h1,5-11,14,20,23,26H,12-13,15-19H2,2-3H3,(H,30,37)/t23-,26-/m0/s1. The second-order valence-electron chi connectivity index (χ2n) is 10.3. The number of nitrogens with one attached hydrogen (secondary N) is 1. The van der Waals surface area contributed by atoms with E-state index in [1.807, 2.05) is 62.4 Å². The van der Waals surface area contributed by atoms with Crippen molar-refractivity contribution in [2.24, 2.45) is 5.92 Å². The van der Waals surface area contributed by atoms with E-state index in [4.69, 9.17) is 15.9 Å². The monoisotopic (exact) mass is 531 g/mol. The summed E-state index contributed by atoms with van der Waals surface area (Å²) in [4.78, 5) is 44.2. The van der Waals surface area contributed by atoms with Crippen LogP contribution in [0.15, 0.2) is 48.5 Å². The van der Waals surface area contributed by atoms with Gasteiger partial charge in [-0.1, -0.05) is 56.2 Å². The SMILES string of the molecule is C#CCN1CC(=O)N2[C@@H](CC(C)C)C(=O)N(Cc3ccc4c(c3)OCO4)C[C@@H]2N1C(=O)NCc1ccccc1. The molecule has 10 heteroatoms. The molecular weight excluding hydrogens is 498 g/mol. The maximum Gasteiger partial charge on any atom is 0.334 e. The van der Waals surface area contributed by atoms with Crippen molar-refractivity contribution in [2.75, 3.05) is 26.4 Å². The van der Waals surface area contributed by atoms with Crippen LogP contribution in [0.1, 0.15) is 31.4 Å². The van der Waals surface area contributed by atoms with Gasteiger partial charge < -0.3 is 24.6 Å². The van der Waals surface area contributed by atoms with Gasteiger partial charge in [-0.3, -0.25) is 9.59 Å². The minimum Gasteiger partial charge on any atom is -0.454 e. The van der Waals surface area contributed by atoms with Gasteiger partial charge in [-0.15, -0.1) is 6.42 Å². The summed E-state index contributed by atoms with van der Waals surface area (Å²) < 4.78 is 10.9. The summed E-state index contributed by atoms with van der Waals surface area (Å²) in [5, 5.41) is 6.08. The minimum atomic E-state index is -0.703. The Morgan fingerprint density at radius 3 is 2.62 bits per heavy atom. The lowest BCUT2D eigenvalue weighted by Gasteiger charge is -2.55. The van der Waals surface area contributed by atoms with Crippen molar-refractivity contribution in [3.05, 3.63) is 59.7 Å². The highest BCUT2D eigenvalue weighted by Gasteiger charge is 2.51. The normalized spacial score (nSPS) is 20.7. The van der Waals surface area contributed by atoms with Gasteiger partial charge in [0.25, 0.3) is 0 Å². The molecule has 0 saturated carbocycles. The van der Waals surface area contributed by atoms with E-state index < -0.39 is 12.2 Å². The Balaban J connectivity index is 1.45. The molecule has 5 rings (SSSR count). The van der Waals surface area contributed by atoms with E-state index in [2.05, 4.69) is 11.2 Å². The predicted molar refractivity (Wildman–Crippen MR) is 143 cm³/mol. The van der Waals surface area contributed by atoms with Gasteiger partial charge in [0.05, 0.1) is 19.6 Å². The van der Waals surface area contributed by atoms with E-state index in [0.29, 0.717) is 31.0 Å². The number of ether oxygens (including phenoxy) is 2. The smallest absolute Gasteiger partial charge is 0.334 e. The van der Waals surface area contributed by atoms with Gasteiger partial charge in [-0.05, 0) is 35.6 Å². The van der Waals surface area contributed by atoms with E-state index in [1.165, 1.54) is 5.01 Å². The Morgan fingerprint density at radius 1 is 1.10 bits per heavy atom. The fourth-order valence-electron chi connectivity index (χ4n) is 5.37. The molecule has 2 saturated heterocycles. The van der Waals surface area contributed by atoms with Crippen LogP contribution in [-0.2, 0) is 22.7 Å². The molecule has 2 fully saturated rings. The maximum absolute atomic E-state index is 13.8. The highest BCUT2D eigenvalue weighted by molar-refractivity contribution is 5.91. The van der Waals surface area contributed by atoms with Crippen LogP contribution in [-0.4, -0.2) is 76.3 Å². The second kappa shape index (κ2) is 11.3. The average molecular weight is 532 g/mol. The summed E-state index contributed by atoms with van der Waals surface area (Å²) in [5.74, 6) is 3.66. The number of fused-ring (bicyclic) bond motifs is 2. The first kappa shape index (κ1) is 26.4. The zero-order valence-electron chi connectivity index (χ0n) is 22.2. The highest BCUT2D eigenvalue weighted by atomic mass is 16.7. The lowest BCUT2D eigenvalue weighted by atomic mass is 9.96. The summed E-state index contributed by atoms with van der Waals surface area (Å²) in [6.07, 6.45) is 5.40. The third-order valence-electron chi connectivity index (χ3n) is 7.10. The van der Waals surface area contributed by atoms with Gasteiger partial charge in [0.1, 0.15) is 12.2 Å². The molecule has 2 aromatic rings. The van der Waals surface area contributed by atoms with Gasteiger partial charge in [0.15, 0.2) is 11.5 Å². The van der Waals surface area contributed by atoms with Crippen molar-refractivity contribution < 1.29 is 23.9 Å². The summed E-state index contributed by atoms with van der Waals surface area (Å²) in [6, 6.07) is 14.1. The molecule has 0 aliphatic carbocycles. The Kier molecular flexibility index (Phi) is 7.61. The van der Waals surface area contributed by atoms with Gasteiger partial charge >= 0.3 is 6.03 Å². The molecule has 10 nitrogen and oxygen atoms in total. The number of hydrogen-bond acceptors (Lipinski definition) is 6. The van der Waals surface area contributed by atoms with Crippen LogP contribution in [0.25, 0.3) is 0 Å². The molecule has 1 N–H and O–H groups in total. The molecule has 0 radical (unpaired) electrons. The van der Waals surface area contributed by atoms with Crippen LogP contribution in [0.5, 0.6) is 11.5 Å². The van der Waals surface area contributed by atoms with Crippen LogP contribution >= 0.6 is 0 Å². The molecule has 2 aromatic carbocycles. The van der Waals surface area contributed by atoms with Gasteiger partial charge in [0, 0.05) is 13.1 Å². The lowest BCUT2D eigenvalue weighted by Crippen LogP contribution is -2.76. The molecule has 204 valence electrons. The number of rotatable bonds is 7. The summed E-state index contributed by atoms with van der Waals surface area (Å²) in [7, 11) is 0. The first-order valence-corrected chi connectivity index (χ1v) is 13.1. The van der Waals surface area contributed by atoms with Crippen molar-refractivity contribution >= 4 is 17.8 Å². The predicted octanol–water partition coefficient (Wildman–Crippen LogP) is 2.40. The average Bonchev–Trinajstić information content (AvgIpc) is 3.38. The van der Waals surface area contributed by atoms with E-state index >= 15 is 0 Å². The maximum atomic E-state index is 13.8. The van der Waals surface area contributed by atoms with E-state index in [1.54, 1.807) is 14.8 Å². The molecule has 2 atom stereocenters. The van der Waals surface area contributed by atoms with Crippen molar-refractivity contribution in [1.82, 2.24) is 25.1 Å². The van der Waals surface area contributed by atoms with Crippen molar-refractivity contribution in [2.45, 2.75) is 45.6 Å². The fraction of sp³-hybridized carbons (Fsp3) is 0.414. The van der Waals surface area contributed by atoms with Gasteiger partial charge in [-0.2, -0.15) is 5.01 Å². The zero-order chi connectivity index (χ0) is 27.5. The molecule has 4 amide bonds. The number of terminal acetylenes is 1. The van der Waals surface area contributed by atoms with Gasteiger partial charge in [0.2, 0.25) is 18.6 Å². The lowest BCUT2D eigenvalue weighted by molar-refractivity contribution is -0.190. The minimum absolute atomic E-state index is 0.0799. The number of carbonyl (C=O) groups is 3. The number of amides is 4. The van der Waals surface area contributed by atoms with Crippen LogP contribution in [0, 0.1) is 18.3 Å². The molecule has 0 bridgehead atoms. The third-order valence-corrected chi connectivity index (χ3v) is 7.10. The number of hydrazine groups is 1. The number of benzene rings is 2. The Hall–Kier alpha value is -4.23. The number of nitrogens with zero attached hydrogens (tertiary/aromatic N) is 4. The van der Waals surface area contributed by atoms with Crippen LogP contribution in [0.2, 0.25) is 0 Å². The highest BCUT2D eigenvalue weighted by Crippen LogP contribution is 2.34. The number of urea groups is 1. The van der Waals surface area contributed by atoms with E-state index in [9.17, 15) is 14.4 Å². The summed E-state index contributed by atoms with van der Waals surface area (Å²) in [6.45, 7) is 4.96. The van der Waals surface area contributed by atoms with E-state index in [-0.39, 0.29) is 50.2 Å². The molecule has 39 heavy (non-hydrogen) atoms. The van der Waals surface area contributed by atoms with Crippen molar-refractivity contribution in [3.8, 4) is 23.8 Å². The quantitative estimate of drug-likeness (QED) is 0.552. The third kappa shape index (κ3) is 5.49. The number of piperazine rings is 1. The van der Waals surface area contributed by atoms with Crippen molar-refractivity contribution in [3.63, 3.8) is 0 Å². The fourth-order valence-corrected chi connectivity index (χ4v) is 5.37. The van der Waals surface area contributed by atoms with Crippen LogP contribution < -0.4 is 14.8 Å². The zero-order valence-corrected chi connectivity index (χ0v) is 22.2. The molecule has 0 spiro atoms. The number of hydrogen-bond donors (Lipinski definition) is 1. The number of carbonyl (C=O) groups excluding carboxylic acids is 3. The molecular formula is C29H33N5O5. The summed E-state index contributed by atoms with van der Waals surface area (Å²) >= 11 is 0. The largest absolute Gasteiger partial charge is 0.454 e. The van der Waals surface area contributed by atoms with Crippen LogP contribution in [0.4, 0.5) is 4.79 Å². The molecule has 0 unspecified atom stereocenters. The van der Waals surface area contributed by atoms with Gasteiger partial charge in [-0.25, -0.2) is 9.80 Å². The Bertz CT molecular complexity index is 1280. The molecule has 3 aliphatic rings. The van der Waals surface area contributed by atoms with Crippen LogP contribution in [0.3, 0.4) is 0 Å². The van der Waals surface area contributed by atoms with Crippen molar-refractivity contribution in [1.29, 1.82) is 0 Å². The van der Waals surface area contributed by atoms with E-state index in [0.717, 1.165) is 11.1 Å². The topological polar surface area (TPSA) is 94.7 Å². The Labute approximate surface area is 228 Å². The Morgan fingerprint density at radius 2 is 1.87 bits per heavy atom.